The first-order chi connectivity index (χ1) is 11.1. The van der Waals surface area contributed by atoms with Gasteiger partial charge in [0, 0.05) is 34.3 Å². The summed E-state index contributed by atoms with van der Waals surface area (Å²) < 4.78 is 13.8. The minimum absolute atomic E-state index is 0.00867. The summed E-state index contributed by atoms with van der Waals surface area (Å²) in [6, 6.07) is 13.6. The van der Waals surface area contributed by atoms with Crippen molar-refractivity contribution in [2.24, 2.45) is 0 Å². The number of H-pyrrole nitrogens is 1. The molecule has 0 unspecified atom stereocenters. The summed E-state index contributed by atoms with van der Waals surface area (Å²) >= 11 is 0. The Morgan fingerprint density at radius 1 is 1.09 bits per heavy atom. The maximum atomic E-state index is 13.8. The van der Waals surface area contributed by atoms with Crippen molar-refractivity contribution in [3.63, 3.8) is 0 Å². The van der Waals surface area contributed by atoms with Crippen molar-refractivity contribution in [3.05, 3.63) is 71.7 Å². The summed E-state index contributed by atoms with van der Waals surface area (Å²) in [5, 5.41) is 4.09. The predicted molar refractivity (Wildman–Crippen MR) is 90.0 cm³/mol. The molecule has 0 aliphatic heterocycles. The van der Waals surface area contributed by atoms with Crippen LogP contribution in [0.15, 0.2) is 54.7 Å². The first-order valence-electron chi connectivity index (χ1n) is 7.68. The lowest BCUT2D eigenvalue weighted by Crippen LogP contribution is -2.36. The van der Waals surface area contributed by atoms with E-state index >= 15 is 0 Å². The Hall–Kier alpha value is -2.46. The van der Waals surface area contributed by atoms with Gasteiger partial charge in [0.2, 0.25) is 0 Å². The van der Waals surface area contributed by atoms with Gasteiger partial charge in [0.15, 0.2) is 5.78 Å². The zero-order chi connectivity index (χ0) is 16.4. The zero-order valence-electron chi connectivity index (χ0n) is 13.1. The normalized spacial score (nSPS) is 13.9. The van der Waals surface area contributed by atoms with E-state index in [4.69, 9.17) is 0 Å². The number of halogens is 1. The highest BCUT2D eigenvalue weighted by molar-refractivity contribution is 6.10. The van der Waals surface area contributed by atoms with E-state index in [0.29, 0.717) is 11.1 Å². The Morgan fingerprint density at radius 2 is 1.78 bits per heavy atom. The Morgan fingerprint density at radius 3 is 2.57 bits per heavy atom. The lowest BCUT2D eigenvalue weighted by molar-refractivity contribution is 0.0947. The number of fused-ring (bicyclic) bond motifs is 1. The lowest BCUT2D eigenvalue weighted by atomic mass is 10.0. The number of para-hydroxylation sites is 1. The van der Waals surface area contributed by atoms with E-state index in [0.717, 1.165) is 10.9 Å². The molecule has 4 heteroatoms. The van der Waals surface area contributed by atoms with Gasteiger partial charge in [0.25, 0.3) is 0 Å². The van der Waals surface area contributed by atoms with E-state index < -0.39 is 6.04 Å². The molecular formula is C19H19FN2O. The largest absolute Gasteiger partial charge is 0.360 e. The molecule has 0 aliphatic rings. The minimum atomic E-state index is -0.413. The number of ketones is 1. The van der Waals surface area contributed by atoms with E-state index in [1.54, 1.807) is 31.3 Å². The van der Waals surface area contributed by atoms with Gasteiger partial charge in [-0.3, -0.25) is 4.79 Å². The van der Waals surface area contributed by atoms with Crippen molar-refractivity contribution >= 4 is 16.7 Å². The van der Waals surface area contributed by atoms with Crippen LogP contribution in [0.2, 0.25) is 0 Å². The monoisotopic (exact) mass is 310 g/mol. The maximum Gasteiger partial charge on any atom is 0.181 e. The molecule has 118 valence electrons. The molecule has 2 aromatic carbocycles. The zero-order valence-corrected chi connectivity index (χ0v) is 13.1. The molecule has 0 saturated heterocycles. The fraction of sp³-hybridized carbons (Fsp3) is 0.211. The number of hydrogen-bond donors (Lipinski definition) is 2. The number of nitrogens with one attached hydrogen (secondary N) is 2. The highest BCUT2D eigenvalue weighted by Gasteiger charge is 2.21. The number of benzene rings is 2. The van der Waals surface area contributed by atoms with Gasteiger partial charge in [-0.25, -0.2) is 4.39 Å². The van der Waals surface area contributed by atoms with Crippen LogP contribution in [0.1, 0.15) is 35.8 Å². The highest BCUT2D eigenvalue weighted by Crippen LogP contribution is 2.21. The Bertz CT molecular complexity index is 840. The smallest absolute Gasteiger partial charge is 0.181 e. The molecule has 1 aromatic heterocycles. The van der Waals surface area contributed by atoms with E-state index in [1.807, 2.05) is 31.2 Å². The van der Waals surface area contributed by atoms with Crippen LogP contribution in [-0.2, 0) is 0 Å². The van der Waals surface area contributed by atoms with Crippen LogP contribution < -0.4 is 5.32 Å². The average molecular weight is 310 g/mol. The molecule has 0 fully saturated rings. The molecule has 1 heterocycles. The van der Waals surface area contributed by atoms with Crippen molar-refractivity contribution in [2.75, 3.05) is 0 Å². The molecule has 23 heavy (non-hydrogen) atoms. The molecule has 3 nitrogen and oxygen atoms in total. The van der Waals surface area contributed by atoms with Crippen LogP contribution in [0.25, 0.3) is 10.9 Å². The van der Waals surface area contributed by atoms with Crippen LogP contribution >= 0.6 is 0 Å². The molecule has 0 amide bonds. The van der Waals surface area contributed by atoms with Crippen molar-refractivity contribution in [2.45, 2.75) is 25.9 Å². The van der Waals surface area contributed by atoms with E-state index in [9.17, 15) is 9.18 Å². The molecule has 0 saturated carbocycles. The number of carbonyl (C=O) groups excluding carboxylic acids is 1. The van der Waals surface area contributed by atoms with Gasteiger partial charge in [-0.1, -0.05) is 36.4 Å². The Kier molecular flexibility index (Phi) is 4.26. The maximum absolute atomic E-state index is 13.8. The first-order valence-corrected chi connectivity index (χ1v) is 7.68. The van der Waals surface area contributed by atoms with Gasteiger partial charge in [-0.05, 0) is 26.0 Å². The van der Waals surface area contributed by atoms with Crippen LogP contribution in [0.4, 0.5) is 4.39 Å². The number of Topliss-reactive ketones (excluding diaryl/α,β-unsaturated/α-hetero) is 1. The van der Waals surface area contributed by atoms with Crippen LogP contribution in [0, 0.1) is 5.82 Å². The van der Waals surface area contributed by atoms with Crippen molar-refractivity contribution in [1.29, 1.82) is 0 Å². The van der Waals surface area contributed by atoms with Crippen molar-refractivity contribution < 1.29 is 9.18 Å². The number of aromatic amines is 1. The topological polar surface area (TPSA) is 44.9 Å². The quantitative estimate of drug-likeness (QED) is 0.693. The van der Waals surface area contributed by atoms with Crippen molar-refractivity contribution in [1.82, 2.24) is 10.3 Å². The van der Waals surface area contributed by atoms with Crippen LogP contribution in [0.3, 0.4) is 0 Å². The third-order valence-electron chi connectivity index (χ3n) is 4.12. The van der Waals surface area contributed by atoms with Gasteiger partial charge < -0.3 is 10.3 Å². The fourth-order valence-electron chi connectivity index (χ4n) is 2.88. The molecule has 2 atom stereocenters. The Balaban J connectivity index is 1.79. The second kappa shape index (κ2) is 6.34. The second-order valence-electron chi connectivity index (χ2n) is 5.74. The van der Waals surface area contributed by atoms with E-state index in [2.05, 4.69) is 10.3 Å². The van der Waals surface area contributed by atoms with Crippen LogP contribution in [0.5, 0.6) is 0 Å². The van der Waals surface area contributed by atoms with Gasteiger partial charge in [0.1, 0.15) is 5.82 Å². The van der Waals surface area contributed by atoms with Gasteiger partial charge in [-0.15, -0.1) is 0 Å². The molecule has 3 rings (SSSR count). The Labute approximate surface area is 134 Å². The summed E-state index contributed by atoms with van der Waals surface area (Å²) in [6.45, 7) is 3.67. The number of aromatic nitrogens is 1. The standard InChI is InChI=1S/C19H19FN2O/c1-12(14-7-3-5-9-17(14)20)22-13(2)19(23)16-11-21-18-10-6-4-8-15(16)18/h3-13,21-22H,1-2H3/t12-,13+/m1/s1. The summed E-state index contributed by atoms with van der Waals surface area (Å²) in [4.78, 5) is 15.8. The number of carbonyl (C=O) groups is 1. The van der Waals surface area contributed by atoms with Gasteiger partial charge >= 0.3 is 0 Å². The molecule has 3 aromatic rings. The molecule has 0 spiro atoms. The lowest BCUT2D eigenvalue weighted by Gasteiger charge is -2.19. The predicted octanol–water partition coefficient (Wildman–Crippen LogP) is 4.23. The average Bonchev–Trinajstić information content (AvgIpc) is 2.98. The van der Waals surface area contributed by atoms with Gasteiger partial charge in [0.05, 0.1) is 6.04 Å². The third kappa shape index (κ3) is 3.03. The molecule has 0 radical (unpaired) electrons. The molecular weight excluding hydrogens is 291 g/mol. The van der Waals surface area contributed by atoms with Crippen LogP contribution in [-0.4, -0.2) is 16.8 Å². The number of hydrogen-bond acceptors (Lipinski definition) is 2. The fourth-order valence-corrected chi connectivity index (χ4v) is 2.88. The number of rotatable bonds is 5. The summed E-state index contributed by atoms with van der Waals surface area (Å²) in [6.07, 6.45) is 1.74. The molecule has 2 N–H and O–H groups in total. The first kappa shape index (κ1) is 15.4. The van der Waals surface area contributed by atoms with Gasteiger partial charge in [-0.2, -0.15) is 0 Å². The molecule has 0 bridgehead atoms. The third-order valence-corrected chi connectivity index (χ3v) is 4.12. The van der Waals surface area contributed by atoms with E-state index in [1.165, 1.54) is 6.07 Å². The minimum Gasteiger partial charge on any atom is -0.360 e. The molecule has 0 aliphatic carbocycles. The highest BCUT2D eigenvalue weighted by atomic mass is 19.1. The van der Waals surface area contributed by atoms with E-state index in [-0.39, 0.29) is 17.6 Å². The second-order valence-corrected chi connectivity index (χ2v) is 5.74. The summed E-state index contributed by atoms with van der Waals surface area (Å²) in [5.41, 5.74) is 2.15. The SMILES string of the molecule is C[C@H](N[C@H](C)c1ccccc1F)C(=O)c1c[nH]c2ccccc12. The van der Waals surface area contributed by atoms with Crippen molar-refractivity contribution in [3.8, 4) is 0 Å². The summed E-state index contributed by atoms with van der Waals surface area (Å²) in [7, 11) is 0. The summed E-state index contributed by atoms with van der Waals surface area (Å²) in [5.74, 6) is -0.273.